The lowest BCUT2D eigenvalue weighted by molar-refractivity contribution is 0.258. The molecule has 112 valence electrons. The maximum atomic E-state index is 5.84. The molecule has 0 saturated heterocycles. The highest BCUT2D eigenvalue weighted by atomic mass is 16.5. The van der Waals surface area contributed by atoms with Crippen LogP contribution in [-0.4, -0.2) is 23.1 Å². The number of aromatic nitrogens is 2. The van der Waals surface area contributed by atoms with Gasteiger partial charge in [-0.1, -0.05) is 32.0 Å². The molecule has 4 nitrogen and oxygen atoms in total. The number of para-hydroxylation sites is 1. The van der Waals surface area contributed by atoms with Gasteiger partial charge in [-0.05, 0) is 30.5 Å². The molecule has 0 saturated carbocycles. The lowest BCUT2D eigenvalue weighted by Crippen LogP contribution is -2.21. The zero-order valence-corrected chi connectivity index (χ0v) is 12.7. The molecule has 1 aliphatic rings. The molecule has 4 heteroatoms. The fourth-order valence-electron chi connectivity index (χ4n) is 2.67. The number of nitrogens with one attached hydrogen (secondary N) is 2. The number of hydrogen-bond acceptors (Lipinski definition) is 3. The topological polar surface area (TPSA) is 49.9 Å². The molecule has 1 aromatic carbocycles. The summed E-state index contributed by atoms with van der Waals surface area (Å²) in [6.45, 7) is 6.98. The summed E-state index contributed by atoms with van der Waals surface area (Å²) in [6.07, 6.45) is 2.92. The predicted octanol–water partition coefficient (Wildman–Crippen LogP) is 2.87. The second-order valence-electron chi connectivity index (χ2n) is 6.14. The highest BCUT2D eigenvalue weighted by molar-refractivity contribution is 5.36. The van der Waals surface area contributed by atoms with Crippen LogP contribution in [0.4, 0.5) is 0 Å². The second kappa shape index (κ2) is 6.31. The van der Waals surface area contributed by atoms with Gasteiger partial charge in [0.15, 0.2) is 0 Å². The van der Waals surface area contributed by atoms with Gasteiger partial charge in [0.05, 0.1) is 12.5 Å². The zero-order valence-electron chi connectivity index (χ0n) is 12.7. The van der Waals surface area contributed by atoms with Crippen LogP contribution in [0.15, 0.2) is 30.5 Å². The van der Waals surface area contributed by atoms with Gasteiger partial charge < -0.3 is 15.0 Å². The predicted molar refractivity (Wildman–Crippen MR) is 83.5 cm³/mol. The summed E-state index contributed by atoms with van der Waals surface area (Å²) in [5.41, 5.74) is 2.41. The molecule has 0 spiro atoms. The maximum Gasteiger partial charge on any atom is 0.122 e. The van der Waals surface area contributed by atoms with Crippen LogP contribution in [0.25, 0.3) is 0 Å². The van der Waals surface area contributed by atoms with E-state index in [1.165, 1.54) is 5.56 Å². The molecular formula is C17H23N3O. The van der Waals surface area contributed by atoms with Crippen molar-refractivity contribution in [3.8, 4) is 5.75 Å². The van der Waals surface area contributed by atoms with E-state index in [-0.39, 0.29) is 0 Å². The van der Waals surface area contributed by atoms with Gasteiger partial charge in [0.25, 0.3) is 0 Å². The lowest BCUT2D eigenvalue weighted by atomic mass is 9.96. The monoisotopic (exact) mass is 285 g/mol. The molecule has 2 heterocycles. The Morgan fingerprint density at radius 3 is 3.10 bits per heavy atom. The molecule has 21 heavy (non-hydrogen) atoms. The van der Waals surface area contributed by atoms with E-state index < -0.39 is 0 Å². The van der Waals surface area contributed by atoms with Crippen molar-refractivity contribution in [1.29, 1.82) is 0 Å². The summed E-state index contributed by atoms with van der Waals surface area (Å²) in [5, 5.41) is 3.43. The third kappa shape index (κ3) is 3.45. The van der Waals surface area contributed by atoms with Crippen LogP contribution in [0, 0.1) is 5.92 Å². The number of benzene rings is 1. The summed E-state index contributed by atoms with van der Waals surface area (Å²) in [4.78, 5) is 7.97. The van der Waals surface area contributed by atoms with E-state index in [1.54, 1.807) is 0 Å². The minimum atomic E-state index is 0.318. The number of H-pyrrole nitrogens is 1. The van der Waals surface area contributed by atoms with Gasteiger partial charge >= 0.3 is 0 Å². The molecule has 3 rings (SSSR count). The van der Waals surface area contributed by atoms with Crippen molar-refractivity contribution in [3.05, 3.63) is 47.5 Å². The first kappa shape index (κ1) is 14.1. The first-order chi connectivity index (χ1) is 10.2. The normalized spacial score (nSPS) is 17.6. The largest absolute Gasteiger partial charge is 0.493 e. The highest BCUT2D eigenvalue weighted by Gasteiger charge is 2.23. The Bertz CT molecular complexity index is 591. The number of ether oxygens (including phenoxy) is 1. The second-order valence-corrected chi connectivity index (χ2v) is 6.14. The summed E-state index contributed by atoms with van der Waals surface area (Å²) in [7, 11) is 0. The van der Waals surface area contributed by atoms with E-state index in [4.69, 9.17) is 4.74 Å². The summed E-state index contributed by atoms with van der Waals surface area (Å²) in [6, 6.07) is 8.25. The van der Waals surface area contributed by atoms with Crippen LogP contribution < -0.4 is 10.1 Å². The van der Waals surface area contributed by atoms with Gasteiger partial charge in [-0.2, -0.15) is 0 Å². The van der Waals surface area contributed by atoms with Crippen LogP contribution in [0.2, 0.25) is 0 Å². The van der Waals surface area contributed by atoms with Crippen molar-refractivity contribution in [2.75, 3.05) is 13.2 Å². The van der Waals surface area contributed by atoms with E-state index in [0.717, 1.165) is 36.8 Å². The third-order valence-electron chi connectivity index (χ3n) is 3.78. The smallest absolute Gasteiger partial charge is 0.122 e. The Kier molecular flexibility index (Phi) is 4.25. The average Bonchev–Trinajstić information content (AvgIpc) is 2.95. The molecule has 1 atom stereocenters. The van der Waals surface area contributed by atoms with Crippen LogP contribution in [0.5, 0.6) is 5.75 Å². The minimum Gasteiger partial charge on any atom is -0.493 e. The van der Waals surface area contributed by atoms with Crippen molar-refractivity contribution in [1.82, 2.24) is 15.3 Å². The molecule has 1 aromatic heterocycles. The number of fused-ring (bicyclic) bond motifs is 1. The number of imidazole rings is 1. The van der Waals surface area contributed by atoms with Gasteiger partial charge in [0, 0.05) is 18.4 Å². The van der Waals surface area contributed by atoms with Gasteiger partial charge in [-0.3, -0.25) is 0 Å². The maximum absolute atomic E-state index is 5.84. The van der Waals surface area contributed by atoms with Crippen LogP contribution >= 0.6 is 0 Å². The molecule has 0 bridgehead atoms. The van der Waals surface area contributed by atoms with Gasteiger partial charge in [0.2, 0.25) is 0 Å². The number of nitrogens with zero attached hydrogens (tertiary/aromatic N) is 1. The number of aromatic amines is 1. The molecule has 1 aliphatic heterocycles. The molecule has 2 N–H and O–H groups in total. The Morgan fingerprint density at radius 2 is 2.24 bits per heavy atom. The standard InChI is InChI=1S/C17H23N3O/c1-12(2)8-18-9-15-10-19-17(20-15)14-7-13-5-3-4-6-16(13)21-11-14/h3-6,10,12,14,18H,7-9,11H2,1-2H3,(H,19,20). The Morgan fingerprint density at radius 1 is 1.38 bits per heavy atom. The Labute approximate surface area is 125 Å². The van der Waals surface area contributed by atoms with E-state index >= 15 is 0 Å². The van der Waals surface area contributed by atoms with Crippen molar-refractivity contribution in [2.45, 2.75) is 32.7 Å². The Hall–Kier alpha value is -1.81. The van der Waals surface area contributed by atoms with Crippen molar-refractivity contribution in [2.24, 2.45) is 5.92 Å². The molecule has 0 radical (unpaired) electrons. The summed E-state index contributed by atoms with van der Waals surface area (Å²) in [5.74, 6) is 3.03. The highest BCUT2D eigenvalue weighted by Crippen LogP contribution is 2.30. The number of hydrogen-bond donors (Lipinski definition) is 2. The molecule has 0 fully saturated rings. The molecule has 1 unspecified atom stereocenters. The van der Waals surface area contributed by atoms with Gasteiger partial charge in [0.1, 0.15) is 11.6 Å². The van der Waals surface area contributed by atoms with Crippen LogP contribution in [0.1, 0.15) is 36.8 Å². The van der Waals surface area contributed by atoms with Gasteiger partial charge in [-0.25, -0.2) is 4.98 Å². The number of rotatable bonds is 5. The first-order valence-corrected chi connectivity index (χ1v) is 7.67. The molecular weight excluding hydrogens is 262 g/mol. The van der Waals surface area contributed by atoms with Crippen LogP contribution in [0.3, 0.4) is 0 Å². The van der Waals surface area contributed by atoms with E-state index in [0.29, 0.717) is 18.4 Å². The third-order valence-corrected chi connectivity index (χ3v) is 3.78. The van der Waals surface area contributed by atoms with Gasteiger partial charge in [-0.15, -0.1) is 0 Å². The van der Waals surface area contributed by atoms with E-state index in [1.807, 2.05) is 18.3 Å². The Balaban J connectivity index is 1.62. The zero-order chi connectivity index (χ0) is 14.7. The molecule has 0 aliphatic carbocycles. The van der Waals surface area contributed by atoms with Crippen molar-refractivity contribution in [3.63, 3.8) is 0 Å². The van der Waals surface area contributed by atoms with Crippen molar-refractivity contribution >= 4 is 0 Å². The quantitative estimate of drug-likeness (QED) is 0.888. The fourth-order valence-corrected chi connectivity index (χ4v) is 2.67. The molecule has 0 amide bonds. The average molecular weight is 285 g/mol. The molecule has 2 aromatic rings. The van der Waals surface area contributed by atoms with Crippen molar-refractivity contribution < 1.29 is 4.74 Å². The lowest BCUT2D eigenvalue weighted by Gasteiger charge is -2.23. The SMILES string of the molecule is CC(C)CNCc1cnc(C2COc3ccccc3C2)[nH]1. The minimum absolute atomic E-state index is 0.318. The first-order valence-electron chi connectivity index (χ1n) is 7.67. The van der Waals surface area contributed by atoms with Crippen LogP contribution in [-0.2, 0) is 13.0 Å². The summed E-state index contributed by atoms with van der Waals surface area (Å²) < 4.78 is 5.84. The summed E-state index contributed by atoms with van der Waals surface area (Å²) >= 11 is 0. The van der Waals surface area contributed by atoms with E-state index in [9.17, 15) is 0 Å². The fraction of sp³-hybridized carbons (Fsp3) is 0.471. The van der Waals surface area contributed by atoms with E-state index in [2.05, 4.69) is 41.3 Å².